The first kappa shape index (κ1) is 30.2. The number of aliphatic hydroxyl groups excluding tert-OH is 1. The van der Waals surface area contributed by atoms with Gasteiger partial charge in [-0.15, -0.1) is 18.3 Å². The predicted octanol–water partition coefficient (Wildman–Crippen LogP) is 4.72. The van der Waals surface area contributed by atoms with E-state index in [1.54, 1.807) is 23.5 Å². The molecule has 1 fully saturated rings. The highest BCUT2D eigenvalue weighted by atomic mass is 32.2. The van der Waals surface area contributed by atoms with E-state index in [1.807, 2.05) is 23.5 Å². The summed E-state index contributed by atoms with van der Waals surface area (Å²) in [7, 11) is 1.00. The molecule has 0 atom stereocenters. The second-order valence-electron chi connectivity index (χ2n) is 6.46. The fourth-order valence-electron chi connectivity index (χ4n) is 2.73. The molecule has 0 unspecified atom stereocenters. The Kier molecular flexibility index (Phi) is 22.7. The van der Waals surface area contributed by atoms with Gasteiger partial charge in [0.25, 0.3) is 0 Å². The molecule has 168 valence electrons. The molecule has 1 aliphatic rings. The summed E-state index contributed by atoms with van der Waals surface area (Å²) >= 11 is 3.47. The van der Waals surface area contributed by atoms with E-state index in [1.165, 1.54) is 11.3 Å². The Labute approximate surface area is 187 Å². The summed E-state index contributed by atoms with van der Waals surface area (Å²) in [4.78, 5) is 15.8. The zero-order valence-electron chi connectivity index (χ0n) is 19.2. The van der Waals surface area contributed by atoms with Gasteiger partial charge < -0.3 is 15.3 Å². The highest BCUT2D eigenvalue weighted by molar-refractivity contribution is 7.98. The van der Waals surface area contributed by atoms with Gasteiger partial charge in [-0.2, -0.15) is 11.8 Å². The van der Waals surface area contributed by atoms with E-state index in [0.717, 1.165) is 38.6 Å². The number of piperidine rings is 1. The number of rotatable bonds is 6. The topological polar surface area (TPSA) is 52.6 Å². The monoisotopic (exact) mass is 442 g/mol. The maximum atomic E-state index is 12.6. The SMILES string of the molecule is C=CCN(C(=O)Cc1ccc(SC)cc1)C1CCNCC1.CCC.CO.CSC. The van der Waals surface area contributed by atoms with Crippen molar-refractivity contribution in [1.82, 2.24) is 10.2 Å². The summed E-state index contributed by atoms with van der Waals surface area (Å²) in [5.74, 6) is 0.207. The van der Waals surface area contributed by atoms with E-state index in [4.69, 9.17) is 5.11 Å². The summed E-state index contributed by atoms with van der Waals surface area (Å²) < 4.78 is 0. The average Bonchev–Trinajstić information content (AvgIpc) is 2.75. The van der Waals surface area contributed by atoms with Crippen LogP contribution in [-0.4, -0.2) is 67.5 Å². The quantitative estimate of drug-likeness (QED) is 0.493. The fourth-order valence-corrected chi connectivity index (χ4v) is 3.14. The van der Waals surface area contributed by atoms with Crippen LogP contribution in [0.15, 0.2) is 41.8 Å². The van der Waals surface area contributed by atoms with Crippen molar-refractivity contribution < 1.29 is 9.90 Å². The molecular formula is C23H42N2O2S2. The van der Waals surface area contributed by atoms with Gasteiger partial charge in [0.05, 0.1) is 6.42 Å². The lowest BCUT2D eigenvalue weighted by Gasteiger charge is -2.34. The van der Waals surface area contributed by atoms with Crippen molar-refractivity contribution in [2.24, 2.45) is 0 Å². The lowest BCUT2D eigenvalue weighted by Crippen LogP contribution is -2.46. The lowest BCUT2D eigenvalue weighted by molar-refractivity contribution is -0.132. The van der Waals surface area contributed by atoms with Crippen LogP contribution in [-0.2, 0) is 11.2 Å². The molecule has 1 aliphatic heterocycles. The minimum absolute atomic E-state index is 0.207. The van der Waals surface area contributed by atoms with Crippen LogP contribution in [0.1, 0.15) is 38.7 Å². The molecule has 1 amide bonds. The second-order valence-corrected chi connectivity index (χ2v) is 8.15. The summed E-state index contributed by atoms with van der Waals surface area (Å²) in [6, 6.07) is 8.61. The minimum atomic E-state index is 0.207. The van der Waals surface area contributed by atoms with E-state index in [0.29, 0.717) is 19.0 Å². The molecule has 2 rings (SSSR count). The molecule has 4 nitrogen and oxygen atoms in total. The first-order chi connectivity index (χ1) is 14.1. The maximum Gasteiger partial charge on any atom is 0.227 e. The van der Waals surface area contributed by atoms with Gasteiger partial charge in [0.1, 0.15) is 0 Å². The molecule has 6 heteroatoms. The van der Waals surface area contributed by atoms with Gasteiger partial charge >= 0.3 is 0 Å². The van der Waals surface area contributed by atoms with Crippen molar-refractivity contribution in [3.63, 3.8) is 0 Å². The van der Waals surface area contributed by atoms with Crippen molar-refractivity contribution in [3.8, 4) is 0 Å². The zero-order valence-corrected chi connectivity index (χ0v) is 20.9. The number of benzene rings is 1. The van der Waals surface area contributed by atoms with Crippen LogP contribution in [0.5, 0.6) is 0 Å². The summed E-state index contributed by atoms with van der Waals surface area (Å²) in [6.07, 6.45) is 11.8. The van der Waals surface area contributed by atoms with Gasteiger partial charge in [0.2, 0.25) is 5.91 Å². The van der Waals surface area contributed by atoms with E-state index in [2.05, 4.69) is 56.3 Å². The van der Waals surface area contributed by atoms with Crippen LogP contribution < -0.4 is 5.32 Å². The number of nitrogens with zero attached hydrogens (tertiary/aromatic N) is 1. The standard InChI is InChI=1S/C17H24N2OS.C3H8.C2H6S.CH4O/c1-3-12-19(15-8-10-18-11-9-15)17(20)13-14-4-6-16(21-2)7-5-14;2*1-3-2;1-2/h3-7,15,18H,1,8-13H2,2H3;3H2,1-2H3;1-2H3;2H,1H3. The number of hydrogen-bond acceptors (Lipinski definition) is 5. The molecule has 0 saturated carbocycles. The molecule has 0 spiro atoms. The smallest absolute Gasteiger partial charge is 0.227 e. The number of thioether (sulfide) groups is 2. The number of carbonyl (C=O) groups excluding carboxylic acids is 1. The van der Waals surface area contributed by atoms with Crippen molar-refractivity contribution >= 4 is 29.4 Å². The molecule has 0 bridgehead atoms. The van der Waals surface area contributed by atoms with Crippen molar-refractivity contribution in [2.75, 3.05) is 45.5 Å². The number of nitrogens with one attached hydrogen (secondary N) is 1. The normalized spacial score (nSPS) is 12.8. The molecule has 0 radical (unpaired) electrons. The highest BCUT2D eigenvalue weighted by Gasteiger charge is 2.24. The molecule has 2 N–H and O–H groups in total. The number of carbonyl (C=O) groups is 1. The van der Waals surface area contributed by atoms with Gasteiger partial charge in [-0.25, -0.2) is 0 Å². The van der Waals surface area contributed by atoms with Crippen LogP contribution in [0.2, 0.25) is 0 Å². The Balaban J connectivity index is 0. The second kappa shape index (κ2) is 21.8. The zero-order chi connectivity index (χ0) is 22.5. The number of hydrogen-bond donors (Lipinski definition) is 2. The first-order valence-electron chi connectivity index (χ1n) is 10.2. The summed E-state index contributed by atoms with van der Waals surface area (Å²) in [5, 5.41) is 10.3. The van der Waals surface area contributed by atoms with Gasteiger partial charge in [0.15, 0.2) is 0 Å². The van der Waals surface area contributed by atoms with Gasteiger partial charge in [-0.1, -0.05) is 38.5 Å². The van der Waals surface area contributed by atoms with Crippen LogP contribution in [0.25, 0.3) is 0 Å². The van der Waals surface area contributed by atoms with Crippen LogP contribution >= 0.6 is 23.5 Å². The Morgan fingerprint density at radius 2 is 1.66 bits per heavy atom. The molecular weight excluding hydrogens is 400 g/mol. The average molecular weight is 443 g/mol. The van der Waals surface area contributed by atoms with Gasteiger partial charge in [0, 0.05) is 24.6 Å². The number of aliphatic hydroxyl groups is 1. The maximum absolute atomic E-state index is 12.6. The van der Waals surface area contributed by atoms with Crippen LogP contribution in [0.4, 0.5) is 0 Å². The Bertz CT molecular complexity index is 502. The molecule has 1 aromatic carbocycles. The summed E-state index contributed by atoms with van der Waals surface area (Å²) in [5.41, 5.74) is 1.08. The third-order valence-electron chi connectivity index (χ3n) is 3.91. The molecule has 29 heavy (non-hydrogen) atoms. The molecule has 0 aromatic heterocycles. The molecule has 1 heterocycles. The van der Waals surface area contributed by atoms with Crippen molar-refractivity contribution in [3.05, 3.63) is 42.5 Å². The van der Waals surface area contributed by atoms with Crippen LogP contribution in [0, 0.1) is 0 Å². The number of amides is 1. The van der Waals surface area contributed by atoms with E-state index in [9.17, 15) is 4.79 Å². The van der Waals surface area contributed by atoms with E-state index >= 15 is 0 Å². The van der Waals surface area contributed by atoms with Crippen molar-refractivity contribution in [1.29, 1.82) is 0 Å². The van der Waals surface area contributed by atoms with Crippen molar-refractivity contribution in [2.45, 2.75) is 50.5 Å². The van der Waals surface area contributed by atoms with E-state index in [-0.39, 0.29) is 5.91 Å². The Morgan fingerprint density at radius 3 is 2.07 bits per heavy atom. The summed E-state index contributed by atoms with van der Waals surface area (Å²) in [6.45, 7) is 10.7. The molecule has 0 aliphatic carbocycles. The largest absolute Gasteiger partial charge is 0.400 e. The Morgan fingerprint density at radius 1 is 1.17 bits per heavy atom. The third-order valence-corrected chi connectivity index (χ3v) is 4.65. The third kappa shape index (κ3) is 14.6. The minimum Gasteiger partial charge on any atom is -0.400 e. The van der Waals surface area contributed by atoms with Crippen LogP contribution in [0.3, 0.4) is 0 Å². The van der Waals surface area contributed by atoms with Gasteiger partial charge in [-0.3, -0.25) is 4.79 Å². The van der Waals surface area contributed by atoms with E-state index < -0.39 is 0 Å². The molecule has 1 aromatic rings. The first-order valence-corrected chi connectivity index (χ1v) is 13.0. The predicted molar refractivity (Wildman–Crippen MR) is 133 cm³/mol. The molecule has 1 saturated heterocycles. The highest BCUT2D eigenvalue weighted by Crippen LogP contribution is 2.17. The van der Waals surface area contributed by atoms with Gasteiger partial charge in [-0.05, 0) is 62.4 Å². The fraction of sp³-hybridized carbons (Fsp3) is 0.609. The lowest BCUT2D eigenvalue weighted by atomic mass is 10.0. The Hall–Kier alpha value is -0.950.